The van der Waals surface area contributed by atoms with Crippen LogP contribution in [0.4, 0.5) is 0 Å². The largest absolute Gasteiger partial charge is 0.357 e. The molecule has 0 aliphatic heterocycles. The summed E-state index contributed by atoms with van der Waals surface area (Å²) in [5.41, 5.74) is 5.14. The molecule has 5 heteroatoms. The summed E-state index contributed by atoms with van der Waals surface area (Å²) in [6, 6.07) is 8.61. The smallest absolute Gasteiger partial charge is 0.191 e. The summed E-state index contributed by atoms with van der Waals surface area (Å²) in [6.45, 7) is 8.70. The first-order valence-corrected chi connectivity index (χ1v) is 8.15. The number of rotatable bonds is 6. The number of hydrogen-bond donors (Lipinski definition) is 2. The molecule has 0 aliphatic carbocycles. The van der Waals surface area contributed by atoms with Crippen molar-refractivity contribution in [2.45, 2.75) is 33.7 Å². The molecular formula is C18H27N5. The van der Waals surface area contributed by atoms with Crippen LogP contribution in [0.2, 0.25) is 0 Å². The van der Waals surface area contributed by atoms with Gasteiger partial charge in [0.1, 0.15) is 0 Å². The van der Waals surface area contributed by atoms with Crippen LogP contribution < -0.4 is 10.6 Å². The predicted molar refractivity (Wildman–Crippen MR) is 95.6 cm³/mol. The molecule has 0 spiro atoms. The molecule has 23 heavy (non-hydrogen) atoms. The topological polar surface area (TPSA) is 54.2 Å². The molecule has 2 aromatic rings. The predicted octanol–water partition coefficient (Wildman–Crippen LogP) is 2.33. The van der Waals surface area contributed by atoms with Crippen LogP contribution in [0.25, 0.3) is 0 Å². The minimum atomic E-state index is 0.620. The lowest BCUT2D eigenvalue weighted by Gasteiger charge is -2.12. The molecule has 0 saturated carbocycles. The highest BCUT2D eigenvalue weighted by molar-refractivity contribution is 5.79. The molecule has 5 nitrogen and oxygen atoms in total. The number of aliphatic imine (C=N–C) groups is 1. The van der Waals surface area contributed by atoms with E-state index in [2.05, 4.69) is 59.7 Å². The van der Waals surface area contributed by atoms with Gasteiger partial charge in [-0.05, 0) is 44.4 Å². The maximum Gasteiger partial charge on any atom is 0.191 e. The minimum absolute atomic E-state index is 0.620. The van der Waals surface area contributed by atoms with Crippen molar-refractivity contribution in [2.24, 2.45) is 12.0 Å². The Hall–Kier alpha value is -2.30. The standard InChI is InChI=1S/C18H27N5/c1-5-19-18(21-13-17-9-11-22-23(17)4)20-10-8-16-7-6-14(2)12-15(16)3/h6-7,9,11-12H,5,8,10,13H2,1-4H3,(H2,19,20,21). The number of guanidine groups is 1. The number of benzene rings is 1. The summed E-state index contributed by atoms with van der Waals surface area (Å²) < 4.78 is 1.85. The van der Waals surface area contributed by atoms with Gasteiger partial charge in [-0.25, -0.2) is 4.99 Å². The van der Waals surface area contributed by atoms with Crippen molar-refractivity contribution in [3.8, 4) is 0 Å². The minimum Gasteiger partial charge on any atom is -0.357 e. The van der Waals surface area contributed by atoms with Crippen LogP contribution in [0.3, 0.4) is 0 Å². The fourth-order valence-corrected chi connectivity index (χ4v) is 2.50. The van der Waals surface area contributed by atoms with E-state index in [1.807, 2.05) is 17.8 Å². The molecule has 0 fully saturated rings. The molecule has 0 aliphatic rings. The van der Waals surface area contributed by atoms with Crippen molar-refractivity contribution in [1.29, 1.82) is 0 Å². The third-order valence-electron chi connectivity index (χ3n) is 3.85. The van der Waals surface area contributed by atoms with Crippen LogP contribution in [0.15, 0.2) is 35.5 Å². The van der Waals surface area contributed by atoms with Crippen LogP contribution in [-0.4, -0.2) is 28.8 Å². The molecule has 0 amide bonds. The second-order valence-electron chi connectivity index (χ2n) is 5.75. The summed E-state index contributed by atoms with van der Waals surface area (Å²) in [5, 5.41) is 10.9. The van der Waals surface area contributed by atoms with E-state index in [1.165, 1.54) is 16.7 Å². The number of nitrogens with one attached hydrogen (secondary N) is 2. The van der Waals surface area contributed by atoms with Crippen molar-refractivity contribution < 1.29 is 0 Å². The molecule has 0 bridgehead atoms. The molecule has 124 valence electrons. The van der Waals surface area contributed by atoms with E-state index in [0.717, 1.165) is 31.2 Å². The summed E-state index contributed by atoms with van der Waals surface area (Å²) in [6.07, 6.45) is 2.79. The Kier molecular flexibility index (Phi) is 6.20. The third kappa shape index (κ3) is 5.13. The maximum atomic E-state index is 4.62. The van der Waals surface area contributed by atoms with Crippen LogP contribution in [0, 0.1) is 13.8 Å². The highest BCUT2D eigenvalue weighted by atomic mass is 15.3. The van der Waals surface area contributed by atoms with E-state index in [4.69, 9.17) is 0 Å². The van der Waals surface area contributed by atoms with Gasteiger partial charge in [-0.3, -0.25) is 4.68 Å². The average Bonchev–Trinajstić information content (AvgIpc) is 2.92. The summed E-state index contributed by atoms with van der Waals surface area (Å²) in [4.78, 5) is 4.62. The zero-order chi connectivity index (χ0) is 16.7. The number of nitrogens with zero attached hydrogens (tertiary/aromatic N) is 3. The lowest BCUT2D eigenvalue weighted by atomic mass is 10.0. The van der Waals surface area contributed by atoms with Crippen LogP contribution in [0.1, 0.15) is 29.3 Å². The van der Waals surface area contributed by atoms with Crippen molar-refractivity contribution in [2.75, 3.05) is 13.1 Å². The van der Waals surface area contributed by atoms with E-state index < -0.39 is 0 Å². The van der Waals surface area contributed by atoms with Crippen molar-refractivity contribution in [3.63, 3.8) is 0 Å². The van der Waals surface area contributed by atoms with Gasteiger partial charge in [-0.2, -0.15) is 5.10 Å². The van der Waals surface area contributed by atoms with Crippen LogP contribution in [-0.2, 0) is 20.0 Å². The molecular weight excluding hydrogens is 286 g/mol. The second-order valence-corrected chi connectivity index (χ2v) is 5.75. The summed E-state index contributed by atoms with van der Waals surface area (Å²) in [7, 11) is 1.94. The Morgan fingerprint density at radius 3 is 2.70 bits per heavy atom. The van der Waals surface area contributed by atoms with Gasteiger partial charge in [-0.15, -0.1) is 0 Å². The Bertz CT molecular complexity index is 657. The van der Waals surface area contributed by atoms with Crippen LogP contribution >= 0.6 is 0 Å². The lowest BCUT2D eigenvalue weighted by Crippen LogP contribution is -2.38. The van der Waals surface area contributed by atoms with E-state index in [9.17, 15) is 0 Å². The molecule has 1 heterocycles. The summed E-state index contributed by atoms with van der Waals surface area (Å²) in [5.74, 6) is 0.846. The van der Waals surface area contributed by atoms with Gasteiger partial charge < -0.3 is 10.6 Å². The molecule has 2 rings (SSSR count). The van der Waals surface area contributed by atoms with Gasteiger partial charge in [0.2, 0.25) is 0 Å². The fourth-order valence-electron chi connectivity index (χ4n) is 2.50. The second kappa shape index (κ2) is 8.36. The molecule has 1 aromatic carbocycles. The lowest BCUT2D eigenvalue weighted by molar-refractivity contribution is 0.707. The zero-order valence-electron chi connectivity index (χ0n) is 14.6. The summed E-state index contributed by atoms with van der Waals surface area (Å²) >= 11 is 0. The third-order valence-corrected chi connectivity index (χ3v) is 3.85. The van der Waals surface area contributed by atoms with Crippen molar-refractivity contribution >= 4 is 5.96 Å². The number of aromatic nitrogens is 2. The first-order chi connectivity index (χ1) is 11.1. The SMILES string of the molecule is CCNC(=NCc1ccnn1C)NCCc1ccc(C)cc1C. The Labute approximate surface area is 138 Å². The van der Waals surface area contributed by atoms with E-state index in [1.54, 1.807) is 6.20 Å². The monoisotopic (exact) mass is 313 g/mol. The van der Waals surface area contributed by atoms with Gasteiger partial charge in [0, 0.05) is 26.3 Å². The molecule has 0 atom stereocenters. The van der Waals surface area contributed by atoms with E-state index >= 15 is 0 Å². The first kappa shape index (κ1) is 17.1. The van der Waals surface area contributed by atoms with Crippen LogP contribution in [0.5, 0.6) is 0 Å². The molecule has 2 N–H and O–H groups in total. The Balaban J connectivity index is 1.90. The maximum absolute atomic E-state index is 4.62. The number of aryl methyl sites for hydroxylation is 3. The Morgan fingerprint density at radius 2 is 2.04 bits per heavy atom. The van der Waals surface area contributed by atoms with E-state index in [-0.39, 0.29) is 0 Å². The van der Waals surface area contributed by atoms with Crippen molar-refractivity contribution in [1.82, 2.24) is 20.4 Å². The van der Waals surface area contributed by atoms with E-state index in [0.29, 0.717) is 6.54 Å². The average molecular weight is 313 g/mol. The quantitative estimate of drug-likeness (QED) is 0.636. The Morgan fingerprint density at radius 1 is 1.22 bits per heavy atom. The zero-order valence-corrected chi connectivity index (χ0v) is 14.6. The van der Waals surface area contributed by atoms with Gasteiger partial charge in [-0.1, -0.05) is 23.8 Å². The molecule has 0 saturated heterocycles. The molecule has 1 aromatic heterocycles. The first-order valence-electron chi connectivity index (χ1n) is 8.15. The van der Waals surface area contributed by atoms with Gasteiger partial charge in [0.15, 0.2) is 5.96 Å². The molecule has 0 unspecified atom stereocenters. The molecule has 0 radical (unpaired) electrons. The van der Waals surface area contributed by atoms with Crippen molar-refractivity contribution in [3.05, 3.63) is 52.8 Å². The van der Waals surface area contributed by atoms with Gasteiger partial charge >= 0.3 is 0 Å². The van der Waals surface area contributed by atoms with Gasteiger partial charge in [0.25, 0.3) is 0 Å². The van der Waals surface area contributed by atoms with Gasteiger partial charge in [0.05, 0.1) is 12.2 Å². The highest BCUT2D eigenvalue weighted by Gasteiger charge is 2.02. The highest BCUT2D eigenvalue weighted by Crippen LogP contribution is 2.10. The number of hydrogen-bond acceptors (Lipinski definition) is 2. The fraction of sp³-hybridized carbons (Fsp3) is 0.444. The normalized spacial score (nSPS) is 11.6.